The molecule has 174 valence electrons. The molecule has 0 unspecified atom stereocenters. The molecule has 3 saturated carbocycles. The molecular formula is C27H42O4. The molecule has 0 bridgehead atoms. The van der Waals surface area contributed by atoms with E-state index in [1.54, 1.807) is 6.92 Å². The summed E-state index contributed by atoms with van der Waals surface area (Å²) in [7, 11) is 1.47. The van der Waals surface area contributed by atoms with Crippen LogP contribution >= 0.6 is 0 Å². The maximum absolute atomic E-state index is 12.2. The van der Waals surface area contributed by atoms with Gasteiger partial charge in [0.15, 0.2) is 0 Å². The Morgan fingerprint density at radius 2 is 1.90 bits per heavy atom. The molecule has 0 aliphatic heterocycles. The van der Waals surface area contributed by atoms with Gasteiger partial charge in [0.1, 0.15) is 6.10 Å². The van der Waals surface area contributed by atoms with Crippen molar-refractivity contribution < 1.29 is 19.1 Å². The molecule has 0 radical (unpaired) electrons. The number of carbonyl (C=O) groups excluding carboxylic acids is 2. The van der Waals surface area contributed by atoms with Crippen molar-refractivity contribution in [3.05, 3.63) is 12.2 Å². The zero-order chi connectivity index (χ0) is 22.4. The molecule has 4 aliphatic carbocycles. The molecular weight excluding hydrogens is 388 g/mol. The molecule has 3 fully saturated rings. The maximum Gasteiger partial charge on any atom is 0.305 e. The van der Waals surface area contributed by atoms with Crippen molar-refractivity contribution >= 4 is 11.9 Å². The van der Waals surface area contributed by atoms with Gasteiger partial charge in [-0.1, -0.05) is 32.9 Å². The number of hydrogen-bond acceptors (Lipinski definition) is 4. The SMILES string of the molecule is COC(=O)CC[C@@H](C)[C@H]1CC[C@H]2[C@@H]3CC[C@H]4C=CCC[C@]4(C)[C@H]3C[C@H](OC(C)=O)[C@]12C. The number of hydrogen-bond donors (Lipinski definition) is 0. The van der Waals surface area contributed by atoms with Crippen LogP contribution in [0.4, 0.5) is 0 Å². The van der Waals surface area contributed by atoms with E-state index in [-0.39, 0.29) is 23.5 Å². The fourth-order valence-corrected chi connectivity index (χ4v) is 8.75. The first-order valence-electron chi connectivity index (χ1n) is 12.6. The number of allylic oxidation sites excluding steroid dienone is 2. The van der Waals surface area contributed by atoms with E-state index < -0.39 is 0 Å². The Balaban J connectivity index is 1.63. The summed E-state index contributed by atoms with van der Waals surface area (Å²) in [4.78, 5) is 24.0. The average Bonchev–Trinajstić information content (AvgIpc) is 3.10. The molecule has 0 heterocycles. The van der Waals surface area contributed by atoms with Crippen molar-refractivity contribution in [2.24, 2.45) is 46.3 Å². The normalized spacial score (nSPS) is 44.5. The number of fused-ring (bicyclic) bond motifs is 5. The predicted octanol–water partition coefficient (Wildman–Crippen LogP) is 5.94. The van der Waals surface area contributed by atoms with Gasteiger partial charge in [0.2, 0.25) is 0 Å². The quantitative estimate of drug-likeness (QED) is 0.400. The first-order valence-corrected chi connectivity index (χ1v) is 12.6. The Kier molecular flexibility index (Phi) is 6.31. The summed E-state index contributed by atoms with van der Waals surface area (Å²) < 4.78 is 11.0. The van der Waals surface area contributed by atoms with E-state index in [1.165, 1.54) is 45.6 Å². The Morgan fingerprint density at radius 1 is 1.13 bits per heavy atom. The third-order valence-electron chi connectivity index (χ3n) is 10.3. The molecule has 0 aromatic heterocycles. The second kappa shape index (κ2) is 8.56. The standard InChI is InChI=1S/C27H42O4/c1-17(9-14-25(29)30-5)21-12-13-22-20-11-10-19-8-6-7-15-26(19,3)23(20)16-24(27(21,22)4)31-18(2)28/h6,8,17,19-24H,7,9-16H2,1-5H3/t17-,19-,20+,21-,22+,23+,24+,26+,27-/m1/s1. The lowest BCUT2D eigenvalue weighted by molar-refractivity contribution is -0.189. The molecule has 4 aliphatic rings. The largest absolute Gasteiger partial charge is 0.469 e. The summed E-state index contributed by atoms with van der Waals surface area (Å²) in [5, 5.41) is 0. The van der Waals surface area contributed by atoms with Gasteiger partial charge in [-0.05, 0) is 92.3 Å². The molecule has 31 heavy (non-hydrogen) atoms. The van der Waals surface area contributed by atoms with Gasteiger partial charge in [-0.25, -0.2) is 0 Å². The summed E-state index contributed by atoms with van der Waals surface area (Å²) in [5.41, 5.74) is 0.349. The van der Waals surface area contributed by atoms with Gasteiger partial charge in [-0.3, -0.25) is 9.59 Å². The van der Waals surface area contributed by atoms with E-state index in [9.17, 15) is 9.59 Å². The second-order valence-electron chi connectivity index (χ2n) is 11.5. The molecule has 0 aromatic carbocycles. The molecule has 0 N–H and O–H groups in total. The maximum atomic E-state index is 12.2. The first kappa shape index (κ1) is 22.9. The highest BCUT2D eigenvalue weighted by atomic mass is 16.5. The van der Waals surface area contributed by atoms with Gasteiger partial charge in [-0.2, -0.15) is 0 Å². The summed E-state index contributed by atoms with van der Waals surface area (Å²) in [6, 6.07) is 0. The van der Waals surface area contributed by atoms with Crippen LogP contribution in [0.25, 0.3) is 0 Å². The van der Waals surface area contributed by atoms with E-state index in [0.717, 1.165) is 18.8 Å². The summed E-state index contributed by atoms with van der Waals surface area (Å²) >= 11 is 0. The van der Waals surface area contributed by atoms with Crippen LogP contribution in [0.3, 0.4) is 0 Å². The van der Waals surface area contributed by atoms with Crippen molar-refractivity contribution in [1.82, 2.24) is 0 Å². The van der Waals surface area contributed by atoms with Gasteiger partial charge in [-0.15, -0.1) is 0 Å². The number of rotatable bonds is 5. The van der Waals surface area contributed by atoms with Crippen LogP contribution in [0.2, 0.25) is 0 Å². The van der Waals surface area contributed by atoms with Gasteiger partial charge in [0.05, 0.1) is 7.11 Å². The van der Waals surface area contributed by atoms with Crippen molar-refractivity contribution in [2.45, 2.75) is 91.6 Å². The van der Waals surface area contributed by atoms with Gasteiger partial charge in [0, 0.05) is 18.8 Å². The molecule has 4 heteroatoms. The molecule has 4 rings (SSSR count). The minimum Gasteiger partial charge on any atom is -0.469 e. The van der Waals surface area contributed by atoms with Gasteiger partial charge in [0.25, 0.3) is 0 Å². The van der Waals surface area contributed by atoms with E-state index in [2.05, 4.69) is 32.9 Å². The second-order valence-corrected chi connectivity index (χ2v) is 11.5. The van der Waals surface area contributed by atoms with Gasteiger partial charge < -0.3 is 9.47 Å². The lowest BCUT2D eigenvalue weighted by atomic mass is 9.44. The Morgan fingerprint density at radius 3 is 2.61 bits per heavy atom. The zero-order valence-corrected chi connectivity index (χ0v) is 20.2. The van der Waals surface area contributed by atoms with Crippen LogP contribution in [0.15, 0.2) is 12.2 Å². The summed E-state index contributed by atoms with van der Waals surface area (Å²) in [6.07, 6.45) is 14.7. The number of carbonyl (C=O) groups is 2. The number of esters is 2. The van der Waals surface area contributed by atoms with Crippen LogP contribution in [0.5, 0.6) is 0 Å². The lowest BCUT2D eigenvalue weighted by Gasteiger charge is -2.61. The monoisotopic (exact) mass is 430 g/mol. The third kappa shape index (κ3) is 3.76. The predicted molar refractivity (Wildman–Crippen MR) is 121 cm³/mol. The lowest BCUT2D eigenvalue weighted by Crippen LogP contribution is -2.58. The van der Waals surface area contributed by atoms with Crippen LogP contribution < -0.4 is 0 Å². The highest BCUT2D eigenvalue weighted by Gasteiger charge is 2.64. The first-order chi connectivity index (χ1) is 14.7. The molecule has 0 saturated heterocycles. The van der Waals surface area contributed by atoms with Crippen molar-refractivity contribution in [3.63, 3.8) is 0 Å². The van der Waals surface area contributed by atoms with E-state index >= 15 is 0 Å². The van der Waals surface area contributed by atoms with Crippen LogP contribution in [0, 0.1) is 46.3 Å². The fourth-order valence-electron chi connectivity index (χ4n) is 8.75. The topological polar surface area (TPSA) is 52.6 Å². The molecule has 0 spiro atoms. The van der Waals surface area contributed by atoms with Gasteiger partial charge >= 0.3 is 11.9 Å². The average molecular weight is 431 g/mol. The molecule has 0 amide bonds. The van der Waals surface area contributed by atoms with Crippen LogP contribution in [0.1, 0.15) is 85.5 Å². The number of methoxy groups -OCH3 is 1. The van der Waals surface area contributed by atoms with E-state index in [1.807, 2.05) is 0 Å². The highest BCUT2D eigenvalue weighted by molar-refractivity contribution is 5.69. The highest BCUT2D eigenvalue weighted by Crippen LogP contribution is 2.68. The Bertz CT molecular complexity index is 729. The van der Waals surface area contributed by atoms with Crippen molar-refractivity contribution in [3.8, 4) is 0 Å². The minimum atomic E-state index is -0.141. The van der Waals surface area contributed by atoms with Crippen LogP contribution in [-0.4, -0.2) is 25.2 Å². The Hall–Kier alpha value is -1.32. The summed E-state index contributed by atoms with van der Waals surface area (Å²) in [5.74, 6) is 3.33. The van der Waals surface area contributed by atoms with E-state index in [4.69, 9.17) is 9.47 Å². The van der Waals surface area contributed by atoms with E-state index in [0.29, 0.717) is 41.4 Å². The van der Waals surface area contributed by atoms with Crippen LogP contribution in [-0.2, 0) is 19.1 Å². The molecule has 0 aromatic rings. The Labute approximate surface area is 188 Å². The summed E-state index contributed by atoms with van der Waals surface area (Å²) in [6.45, 7) is 8.81. The number of ether oxygens (including phenoxy) is 2. The fraction of sp³-hybridized carbons (Fsp3) is 0.852. The minimum absolute atomic E-state index is 0.00851. The zero-order valence-electron chi connectivity index (χ0n) is 20.2. The molecule has 9 atom stereocenters. The smallest absolute Gasteiger partial charge is 0.305 e. The molecule has 4 nitrogen and oxygen atoms in total. The third-order valence-corrected chi connectivity index (χ3v) is 10.3. The van der Waals surface area contributed by atoms with Crippen molar-refractivity contribution in [1.29, 1.82) is 0 Å². The van der Waals surface area contributed by atoms with Crippen molar-refractivity contribution in [2.75, 3.05) is 7.11 Å².